The van der Waals surface area contributed by atoms with E-state index in [1.54, 1.807) is 11.3 Å². The van der Waals surface area contributed by atoms with E-state index in [2.05, 4.69) is 27.4 Å². The molecule has 1 aliphatic rings. The highest BCUT2D eigenvalue weighted by Gasteiger charge is 2.30. The van der Waals surface area contributed by atoms with Gasteiger partial charge in [0, 0.05) is 17.4 Å². The van der Waals surface area contributed by atoms with Gasteiger partial charge in [0.1, 0.15) is 5.01 Å². The minimum Gasteiger partial charge on any atom is -0.187 e. The summed E-state index contributed by atoms with van der Waals surface area (Å²) in [5, 5.41) is 14.1. The minimum atomic E-state index is 0.519. The van der Waals surface area contributed by atoms with Crippen LogP contribution in [0.5, 0.6) is 0 Å². The van der Waals surface area contributed by atoms with E-state index >= 15 is 0 Å². The molecule has 2 heterocycles. The van der Waals surface area contributed by atoms with E-state index in [0.717, 1.165) is 26.9 Å². The maximum Gasteiger partial charge on any atom is 0.234 e. The number of halogens is 1. The summed E-state index contributed by atoms with van der Waals surface area (Å²) >= 11 is 7.45. The lowest BCUT2D eigenvalue weighted by atomic mass is 10.1. The van der Waals surface area contributed by atoms with Gasteiger partial charge in [0.15, 0.2) is 5.82 Å². The van der Waals surface area contributed by atoms with Crippen LogP contribution in [0.4, 0.5) is 0 Å². The number of hydrogen-bond donors (Lipinski definition) is 0. The monoisotopic (exact) mass is 290 g/mol. The van der Waals surface area contributed by atoms with Crippen LogP contribution in [0.25, 0.3) is 15.5 Å². The lowest BCUT2D eigenvalue weighted by Gasteiger charge is -1.98. The normalized spacial score (nSPS) is 15.2. The minimum absolute atomic E-state index is 0.519. The van der Waals surface area contributed by atoms with Gasteiger partial charge in [-0.05, 0) is 24.5 Å². The second kappa shape index (κ2) is 4.28. The summed E-state index contributed by atoms with van der Waals surface area (Å²) in [7, 11) is 0. The molecule has 3 aromatic rings. The number of alkyl halides is 1. The Balaban J connectivity index is 1.81. The molecule has 1 aromatic carbocycles. The molecule has 0 aliphatic heterocycles. The fraction of sp³-hybridized carbons (Fsp3) is 0.308. The van der Waals surface area contributed by atoms with Gasteiger partial charge in [-0.25, -0.2) is 0 Å². The average molecular weight is 291 g/mol. The van der Waals surface area contributed by atoms with Crippen molar-refractivity contribution in [2.45, 2.75) is 24.6 Å². The van der Waals surface area contributed by atoms with Gasteiger partial charge in [-0.1, -0.05) is 29.5 Å². The first kappa shape index (κ1) is 11.4. The van der Waals surface area contributed by atoms with E-state index in [1.807, 2.05) is 16.6 Å². The van der Waals surface area contributed by atoms with Crippen molar-refractivity contribution in [3.05, 3.63) is 35.7 Å². The number of aromatic nitrogens is 4. The van der Waals surface area contributed by atoms with Gasteiger partial charge in [-0.15, -0.1) is 21.8 Å². The molecule has 1 saturated carbocycles. The fourth-order valence-electron chi connectivity index (χ4n) is 2.13. The topological polar surface area (TPSA) is 43.1 Å². The standard InChI is InChI=1S/C13H11ClN4S/c14-7-8-2-1-3-10(6-8)12-17-18-11(9-4-5-9)15-16-13(18)19-12/h1-3,6,9H,4-5,7H2. The van der Waals surface area contributed by atoms with Gasteiger partial charge < -0.3 is 0 Å². The molecule has 0 N–H and O–H groups in total. The van der Waals surface area contributed by atoms with Crippen LogP contribution in [0.2, 0.25) is 0 Å². The third kappa shape index (κ3) is 1.93. The maximum atomic E-state index is 5.87. The first-order valence-corrected chi connectivity index (χ1v) is 7.57. The molecule has 96 valence electrons. The molecule has 4 rings (SSSR count). The van der Waals surface area contributed by atoms with Crippen LogP contribution in [0.3, 0.4) is 0 Å². The van der Waals surface area contributed by atoms with Crippen LogP contribution in [-0.4, -0.2) is 19.8 Å². The second-order valence-electron chi connectivity index (χ2n) is 4.77. The molecule has 0 spiro atoms. The first-order chi connectivity index (χ1) is 9.35. The summed E-state index contributed by atoms with van der Waals surface area (Å²) in [6.45, 7) is 0. The van der Waals surface area contributed by atoms with Crippen molar-refractivity contribution in [1.82, 2.24) is 19.8 Å². The molecule has 0 saturated heterocycles. The Bertz CT molecular complexity index is 744. The highest BCUT2D eigenvalue weighted by molar-refractivity contribution is 7.19. The molecule has 19 heavy (non-hydrogen) atoms. The molecular weight excluding hydrogens is 280 g/mol. The van der Waals surface area contributed by atoms with Gasteiger partial charge in [0.05, 0.1) is 0 Å². The molecule has 0 atom stereocenters. The molecule has 6 heteroatoms. The van der Waals surface area contributed by atoms with E-state index in [1.165, 1.54) is 12.8 Å². The summed E-state index contributed by atoms with van der Waals surface area (Å²) in [4.78, 5) is 0.869. The predicted octanol–water partition coefficient (Wildman–Crippen LogP) is 3.47. The van der Waals surface area contributed by atoms with Crippen molar-refractivity contribution in [3.63, 3.8) is 0 Å². The Morgan fingerprint density at radius 3 is 3.00 bits per heavy atom. The average Bonchev–Trinajstić information content (AvgIpc) is 3.07. The number of rotatable bonds is 3. The molecule has 0 bridgehead atoms. The zero-order chi connectivity index (χ0) is 12.8. The molecule has 0 amide bonds. The Morgan fingerprint density at radius 1 is 1.32 bits per heavy atom. The SMILES string of the molecule is ClCc1cccc(-c2nn3c(C4CC4)nnc3s2)c1. The van der Waals surface area contributed by atoms with Crippen LogP contribution in [0.15, 0.2) is 24.3 Å². The Labute approximate surface area is 119 Å². The van der Waals surface area contributed by atoms with E-state index < -0.39 is 0 Å². The van der Waals surface area contributed by atoms with E-state index in [4.69, 9.17) is 11.6 Å². The van der Waals surface area contributed by atoms with Crippen molar-refractivity contribution in [2.24, 2.45) is 0 Å². The van der Waals surface area contributed by atoms with Gasteiger partial charge in [-0.2, -0.15) is 9.61 Å². The Hall–Kier alpha value is -1.46. The summed E-state index contributed by atoms with van der Waals surface area (Å²) in [5.74, 6) is 2.08. The number of hydrogen-bond acceptors (Lipinski definition) is 4. The molecule has 0 unspecified atom stereocenters. The number of fused-ring (bicyclic) bond motifs is 1. The van der Waals surface area contributed by atoms with Crippen LogP contribution >= 0.6 is 22.9 Å². The Morgan fingerprint density at radius 2 is 2.21 bits per heavy atom. The van der Waals surface area contributed by atoms with E-state index in [-0.39, 0.29) is 0 Å². The molecular formula is C13H11ClN4S. The fourth-order valence-corrected chi connectivity index (χ4v) is 3.14. The quantitative estimate of drug-likeness (QED) is 0.694. The molecule has 2 aromatic heterocycles. The zero-order valence-corrected chi connectivity index (χ0v) is 11.7. The third-order valence-electron chi connectivity index (χ3n) is 3.29. The van der Waals surface area contributed by atoms with Gasteiger partial charge in [0.25, 0.3) is 0 Å². The molecule has 4 nitrogen and oxygen atoms in total. The van der Waals surface area contributed by atoms with E-state index in [0.29, 0.717) is 11.8 Å². The smallest absolute Gasteiger partial charge is 0.187 e. The zero-order valence-electron chi connectivity index (χ0n) is 10.1. The van der Waals surface area contributed by atoms with Gasteiger partial charge in [0.2, 0.25) is 4.96 Å². The third-order valence-corrected chi connectivity index (χ3v) is 4.54. The van der Waals surface area contributed by atoms with Crippen LogP contribution in [0, 0.1) is 0 Å². The van der Waals surface area contributed by atoms with Crippen molar-refractivity contribution < 1.29 is 0 Å². The predicted molar refractivity (Wildman–Crippen MR) is 75.6 cm³/mol. The number of benzene rings is 1. The van der Waals surface area contributed by atoms with Crippen molar-refractivity contribution >= 4 is 27.9 Å². The summed E-state index contributed by atoms with van der Waals surface area (Å²) in [6.07, 6.45) is 2.41. The van der Waals surface area contributed by atoms with Gasteiger partial charge >= 0.3 is 0 Å². The van der Waals surface area contributed by atoms with Crippen molar-refractivity contribution in [3.8, 4) is 10.6 Å². The van der Waals surface area contributed by atoms with E-state index in [9.17, 15) is 0 Å². The van der Waals surface area contributed by atoms with Crippen LogP contribution < -0.4 is 0 Å². The molecule has 1 fully saturated rings. The van der Waals surface area contributed by atoms with Gasteiger partial charge in [-0.3, -0.25) is 0 Å². The highest BCUT2D eigenvalue weighted by Crippen LogP contribution is 2.39. The summed E-state index contributed by atoms with van der Waals surface area (Å²) < 4.78 is 1.89. The molecule has 1 aliphatic carbocycles. The first-order valence-electron chi connectivity index (χ1n) is 6.22. The lowest BCUT2D eigenvalue weighted by molar-refractivity contribution is 0.828. The second-order valence-corrected chi connectivity index (χ2v) is 5.99. The van der Waals surface area contributed by atoms with Crippen molar-refractivity contribution in [2.75, 3.05) is 0 Å². The molecule has 0 radical (unpaired) electrons. The highest BCUT2D eigenvalue weighted by atomic mass is 35.5. The summed E-state index contributed by atoms with van der Waals surface area (Å²) in [6, 6.07) is 8.16. The largest absolute Gasteiger partial charge is 0.234 e. The Kier molecular flexibility index (Phi) is 2.56. The lowest BCUT2D eigenvalue weighted by Crippen LogP contribution is -1.93. The van der Waals surface area contributed by atoms with Crippen molar-refractivity contribution in [1.29, 1.82) is 0 Å². The van der Waals surface area contributed by atoms with Crippen LogP contribution in [0.1, 0.15) is 30.1 Å². The summed E-state index contributed by atoms with van der Waals surface area (Å²) in [5.41, 5.74) is 2.20. The number of nitrogens with zero attached hydrogens (tertiary/aromatic N) is 4. The maximum absolute atomic E-state index is 5.87. The van der Waals surface area contributed by atoms with Crippen LogP contribution in [-0.2, 0) is 5.88 Å².